The van der Waals surface area contributed by atoms with E-state index in [1.807, 2.05) is 0 Å². The first-order chi connectivity index (χ1) is 6.72. The summed E-state index contributed by atoms with van der Waals surface area (Å²) in [7, 11) is 0. The van der Waals surface area contributed by atoms with Gasteiger partial charge in [-0.2, -0.15) is 0 Å². The smallest absolute Gasteiger partial charge is 0.371 e. The molecule has 6 heteroatoms. The Bertz CT molecular complexity index is 252. The van der Waals surface area contributed by atoms with Crippen LogP contribution in [-0.4, -0.2) is 55.0 Å². The molecule has 2 saturated heterocycles. The van der Waals surface area contributed by atoms with Crippen LogP contribution in [0.5, 0.6) is 0 Å². The summed E-state index contributed by atoms with van der Waals surface area (Å²) >= 11 is 0. The molecule has 0 aliphatic carbocycles. The van der Waals surface area contributed by atoms with E-state index in [2.05, 4.69) is 0 Å². The molecule has 4 atom stereocenters. The highest BCUT2D eigenvalue weighted by Crippen LogP contribution is 2.28. The Kier molecular flexibility index (Phi) is 2.49. The zero-order chi connectivity index (χ0) is 10.1. The second kappa shape index (κ2) is 3.64. The molecule has 2 heterocycles. The molecular formula is C8H10O6. The van der Waals surface area contributed by atoms with Gasteiger partial charge in [-0.3, -0.25) is 4.79 Å². The molecule has 0 amide bonds. The standard InChI is InChI=1S/C8H10O6/c9-1-6(11)14-5-3-13-7-4(10)2-12-8(5)7/h1,4-5,7-8,10H,2-3H2/t4?,5?,7-,8-/m0/s1. The molecule has 78 valence electrons. The highest BCUT2D eigenvalue weighted by Gasteiger charge is 2.48. The molecule has 1 N–H and O–H groups in total. The van der Waals surface area contributed by atoms with Gasteiger partial charge in [0.1, 0.15) is 18.3 Å². The van der Waals surface area contributed by atoms with Crippen LogP contribution < -0.4 is 0 Å². The average molecular weight is 202 g/mol. The van der Waals surface area contributed by atoms with Crippen LogP contribution in [-0.2, 0) is 23.8 Å². The topological polar surface area (TPSA) is 82.1 Å². The monoisotopic (exact) mass is 202 g/mol. The lowest BCUT2D eigenvalue weighted by Crippen LogP contribution is -2.34. The number of aliphatic hydroxyl groups excluding tert-OH is 1. The van der Waals surface area contributed by atoms with Gasteiger partial charge in [-0.05, 0) is 0 Å². The number of esters is 1. The van der Waals surface area contributed by atoms with Gasteiger partial charge in [0.25, 0.3) is 0 Å². The van der Waals surface area contributed by atoms with Gasteiger partial charge in [-0.15, -0.1) is 0 Å². The molecule has 2 aliphatic heterocycles. The number of carbonyl (C=O) groups excluding carboxylic acids is 2. The Balaban J connectivity index is 1.96. The lowest BCUT2D eigenvalue weighted by molar-refractivity contribution is -0.156. The van der Waals surface area contributed by atoms with Crippen LogP contribution in [0.25, 0.3) is 0 Å². The van der Waals surface area contributed by atoms with Gasteiger partial charge < -0.3 is 19.3 Å². The second-order valence-corrected chi connectivity index (χ2v) is 3.26. The summed E-state index contributed by atoms with van der Waals surface area (Å²) in [4.78, 5) is 20.7. The van der Waals surface area contributed by atoms with Crippen molar-refractivity contribution in [3.05, 3.63) is 0 Å². The van der Waals surface area contributed by atoms with Gasteiger partial charge in [0.2, 0.25) is 6.29 Å². The van der Waals surface area contributed by atoms with Crippen molar-refractivity contribution in [1.29, 1.82) is 0 Å². The number of aliphatic hydroxyl groups is 1. The first kappa shape index (κ1) is 9.57. The summed E-state index contributed by atoms with van der Waals surface area (Å²) in [5.41, 5.74) is 0. The molecule has 2 rings (SSSR count). The van der Waals surface area contributed by atoms with E-state index in [4.69, 9.17) is 14.2 Å². The predicted molar refractivity (Wildman–Crippen MR) is 41.4 cm³/mol. The number of fused-ring (bicyclic) bond motifs is 1. The van der Waals surface area contributed by atoms with Crippen LogP contribution in [0.3, 0.4) is 0 Å². The lowest BCUT2D eigenvalue weighted by atomic mass is 10.1. The average Bonchev–Trinajstić information content (AvgIpc) is 2.72. The van der Waals surface area contributed by atoms with Crippen molar-refractivity contribution in [2.45, 2.75) is 24.4 Å². The van der Waals surface area contributed by atoms with Crippen molar-refractivity contribution in [2.75, 3.05) is 13.2 Å². The van der Waals surface area contributed by atoms with Gasteiger partial charge in [0.05, 0.1) is 13.2 Å². The molecule has 0 radical (unpaired) electrons. The van der Waals surface area contributed by atoms with E-state index in [9.17, 15) is 14.7 Å². The number of carbonyl (C=O) groups is 2. The predicted octanol–water partition coefficient (Wildman–Crippen LogP) is -1.74. The molecule has 2 fully saturated rings. The molecule has 2 aliphatic rings. The number of hydrogen-bond acceptors (Lipinski definition) is 6. The van der Waals surface area contributed by atoms with Crippen LogP contribution in [0, 0.1) is 0 Å². The van der Waals surface area contributed by atoms with Crippen molar-refractivity contribution in [3.63, 3.8) is 0 Å². The maximum atomic E-state index is 10.7. The quantitative estimate of drug-likeness (QED) is 0.325. The highest BCUT2D eigenvalue weighted by atomic mass is 16.6. The van der Waals surface area contributed by atoms with Gasteiger partial charge >= 0.3 is 5.97 Å². The van der Waals surface area contributed by atoms with E-state index in [0.717, 1.165) is 0 Å². The third kappa shape index (κ3) is 1.52. The Morgan fingerprint density at radius 3 is 2.79 bits per heavy atom. The van der Waals surface area contributed by atoms with Crippen molar-refractivity contribution in [2.24, 2.45) is 0 Å². The van der Waals surface area contributed by atoms with Gasteiger partial charge in [-0.25, -0.2) is 4.79 Å². The zero-order valence-corrected chi connectivity index (χ0v) is 7.29. The minimum absolute atomic E-state index is 0.0959. The molecule has 2 unspecified atom stereocenters. The largest absolute Gasteiger partial charge is 0.451 e. The van der Waals surface area contributed by atoms with Gasteiger partial charge in [0, 0.05) is 0 Å². The number of ether oxygens (including phenoxy) is 3. The van der Waals surface area contributed by atoms with Crippen LogP contribution in [0.2, 0.25) is 0 Å². The van der Waals surface area contributed by atoms with E-state index in [0.29, 0.717) is 0 Å². The molecule has 0 spiro atoms. The third-order valence-corrected chi connectivity index (χ3v) is 2.35. The second-order valence-electron chi connectivity index (χ2n) is 3.26. The normalized spacial score (nSPS) is 40.6. The van der Waals surface area contributed by atoms with E-state index in [-0.39, 0.29) is 19.5 Å². The number of hydrogen-bond donors (Lipinski definition) is 1. The summed E-state index contributed by atoms with van der Waals surface area (Å²) in [5, 5.41) is 9.35. The molecular weight excluding hydrogens is 192 g/mol. The number of rotatable bonds is 2. The van der Waals surface area contributed by atoms with Gasteiger partial charge in [0.15, 0.2) is 6.10 Å². The SMILES string of the molecule is O=CC(=O)OC1CO[C@H]2C(O)CO[C@@H]12. The third-order valence-electron chi connectivity index (χ3n) is 2.35. The van der Waals surface area contributed by atoms with Crippen molar-refractivity contribution < 1.29 is 28.9 Å². The first-order valence-corrected chi connectivity index (χ1v) is 4.29. The van der Waals surface area contributed by atoms with Crippen molar-refractivity contribution >= 4 is 12.3 Å². The van der Waals surface area contributed by atoms with E-state index in [1.165, 1.54) is 0 Å². The van der Waals surface area contributed by atoms with Crippen LogP contribution >= 0.6 is 0 Å². The Morgan fingerprint density at radius 2 is 2.07 bits per heavy atom. The Morgan fingerprint density at radius 1 is 1.36 bits per heavy atom. The minimum atomic E-state index is -0.941. The van der Waals surface area contributed by atoms with Crippen molar-refractivity contribution in [3.8, 4) is 0 Å². The summed E-state index contributed by atoms with van der Waals surface area (Å²) < 4.78 is 15.1. The van der Waals surface area contributed by atoms with Crippen molar-refractivity contribution in [1.82, 2.24) is 0 Å². The molecule has 0 aromatic rings. The summed E-state index contributed by atoms with van der Waals surface area (Å²) in [6.45, 7) is 0.330. The van der Waals surface area contributed by atoms with Crippen LogP contribution in [0.1, 0.15) is 0 Å². The maximum absolute atomic E-state index is 10.7. The van der Waals surface area contributed by atoms with E-state index < -0.39 is 30.4 Å². The summed E-state index contributed by atoms with van der Waals surface area (Å²) in [6, 6.07) is 0. The first-order valence-electron chi connectivity index (χ1n) is 4.29. The molecule has 0 saturated carbocycles. The fourth-order valence-corrected chi connectivity index (χ4v) is 1.72. The van der Waals surface area contributed by atoms with E-state index >= 15 is 0 Å². The Hall–Kier alpha value is -0.980. The summed E-state index contributed by atoms with van der Waals surface area (Å²) in [5.74, 6) is -0.941. The zero-order valence-electron chi connectivity index (χ0n) is 7.29. The minimum Gasteiger partial charge on any atom is -0.451 e. The van der Waals surface area contributed by atoms with Crippen LogP contribution in [0.4, 0.5) is 0 Å². The maximum Gasteiger partial charge on any atom is 0.371 e. The number of aldehydes is 1. The fraction of sp³-hybridized carbons (Fsp3) is 0.750. The lowest BCUT2D eigenvalue weighted by Gasteiger charge is -2.14. The van der Waals surface area contributed by atoms with Gasteiger partial charge in [-0.1, -0.05) is 0 Å². The molecule has 0 aromatic carbocycles. The highest BCUT2D eigenvalue weighted by molar-refractivity contribution is 6.20. The molecule has 6 nitrogen and oxygen atoms in total. The fourth-order valence-electron chi connectivity index (χ4n) is 1.72. The molecule has 0 aromatic heterocycles. The van der Waals surface area contributed by atoms with Crippen LogP contribution in [0.15, 0.2) is 0 Å². The van der Waals surface area contributed by atoms with E-state index in [1.54, 1.807) is 0 Å². The molecule has 0 bridgehead atoms. The summed E-state index contributed by atoms with van der Waals surface area (Å²) in [6.07, 6.45) is -2.07. The molecule has 14 heavy (non-hydrogen) atoms. The Labute approximate surface area is 79.7 Å².